The van der Waals surface area contributed by atoms with Crippen molar-refractivity contribution in [2.24, 2.45) is 0 Å². The molecule has 0 aliphatic rings. The molecule has 0 unspecified atom stereocenters. The Kier molecular flexibility index (Phi) is 2.56. The van der Waals surface area contributed by atoms with Gasteiger partial charge in [-0.1, -0.05) is 6.07 Å². The van der Waals surface area contributed by atoms with Crippen molar-refractivity contribution in [3.05, 3.63) is 23.3 Å². The average molecular weight is 180 g/mol. The number of aryl methyl sites for hydroxylation is 1. The Morgan fingerprint density at radius 3 is 2.54 bits per heavy atom. The van der Waals surface area contributed by atoms with E-state index in [2.05, 4.69) is 0 Å². The van der Waals surface area contributed by atoms with Crippen LogP contribution in [0.2, 0.25) is 0 Å². The van der Waals surface area contributed by atoms with Crippen molar-refractivity contribution < 1.29 is 14.6 Å². The summed E-state index contributed by atoms with van der Waals surface area (Å²) in [5, 5.41) is 9.59. The van der Waals surface area contributed by atoms with E-state index >= 15 is 0 Å². The van der Waals surface area contributed by atoms with Crippen LogP contribution in [0, 0.1) is 6.92 Å². The van der Waals surface area contributed by atoms with Gasteiger partial charge in [0.15, 0.2) is 17.3 Å². The number of hydrogen-bond donors (Lipinski definition) is 1. The Morgan fingerprint density at radius 1 is 1.46 bits per heavy atom. The minimum Gasteiger partial charge on any atom is -0.504 e. The molecule has 0 saturated carbocycles. The molecule has 0 radical (unpaired) electrons. The summed E-state index contributed by atoms with van der Waals surface area (Å²) in [7, 11) is 1.45. The van der Waals surface area contributed by atoms with Crippen molar-refractivity contribution in [2.75, 3.05) is 7.11 Å². The van der Waals surface area contributed by atoms with Crippen LogP contribution in [-0.2, 0) is 0 Å². The fourth-order valence-electron chi connectivity index (χ4n) is 1.28. The van der Waals surface area contributed by atoms with Crippen molar-refractivity contribution in [3.63, 3.8) is 0 Å². The van der Waals surface area contributed by atoms with Crippen molar-refractivity contribution in [1.82, 2.24) is 0 Å². The van der Waals surface area contributed by atoms with Gasteiger partial charge in [0.25, 0.3) is 0 Å². The van der Waals surface area contributed by atoms with Gasteiger partial charge in [0.1, 0.15) is 0 Å². The van der Waals surface area contributed by atoms with Crippen LogP contribution in [0.3, 0.4) is 0 Å². The first-order valence-corrected chi connectivity index (χ1v) is 3.95. The smallest absolute Gasteiger partial charge is 0.168 e. The second kappa shape index (κ2) is 3.47. The number of phenolic OH excluding ortho intramolecular Hbond substituents is 1. The Balaban J connectivity index is 3.38. The fraction of sp³-hybridized carbons (Fsp3) is 0.300. The second-order valence-corrected chi connectivity index (χ2v) is 2.86. The summed E-state index contributed by atoms with van der Waals surface area (Å²) in [5.74, 6) is 0.0969. The van der Waals surface area contributed by atoms with Gasteiger partial charge in [-0.3, -0.25) is 4.79 Å². The van der Waals surface area contributed by atoms with Gasteiger partial charge in [-0.25, -0.2) is 0 Å². The van der Waals surface area contributed by atoms with Crippen LogP contribution >= 0.6 is 0 Å². The van der Waals surface area contributed by atoms with Crippen molar-refractivity contribution >= 4 is 5.78 Å². The lowest BCUT2D eigenvalue weighted by molar-refractivity contribution is 0.101. The molecule has 0 aliphatic heterocycles. The first-order valence-electron chi connectivity index (χ1n) is 3.95. The molecule has 0 spiro atoms. The van der Waals surface area contributed by atoms with Gasteiger partial charge >= 0.3 is 0 Å². The van der Waals surface area contributed by atoms with Crippen LogP contribution in [0.25, 0.3) is 0 Å². The second-order valence-electron chi connectivity index (χ2n) is 2.86. The third-order valence-electron chi connectivity index (χ3n) is 1.92. The molecular weight excluding hydrogens is 168 g/mol. The summed E-state index contributed by atoms with van der Waals surface area (Å²) < 4.78 is 4.89. The molecule has 1 aromatic carbocycles. The third kappa shape index (κ3) is 1.64. The molecule has 0 saturated heterocycles. The van der Waals surface area contributed by atoms with E-state index in [0.717, 1.165) is 5.56 Å². The number of hydrogen-bond acceptors (Lipinski definition) is 3. The van der Waals surface area contributed by atoms with Crippen molar-refractivity contribution in [1.29, 1.82) is 0 Å². The summed E-state index contributed by atoms with van der Waals surface area (Å²) in [5.41, 5.74) is 1.09. The first kappa shape index (κ1) is 9.58. The normalized spacial score (nSPS) is 9.77. The number of ether oxygens (including phenoxy) is 1. The maximum atomic E-state index is 11.1. The number of rotatable bonds is 2. The lowest BCUT2D eigenvalue weighted by Gasteiger charge is -2.08. The van der Waals surface area contributed by atoms with Crippen molar-refractivity contribution in [2.45, 2.75) is 13.8 Å². The standard InChI is InChI=1S/C10H12O3/c1-6-4-5-8(13-3)10(12)9(6)7(2)11/h4-5,12H,1-3H3. The molecule has 13 heavy (non-hydrogen) atoms. The number of benzene rings is 1. The predicted octanol–water partition coefficient (Wildman–Crippen LogP) is 1.91. The number of methoxy groups -OCH3 is 1. The molecule has 0 aromatic heterocycles. The summed E-state index contributed by atoms with van der Waals surface area (Å²) in [6.45, 7) is 3.19. The molecular formula is C10H12O3. The lowest BCUT2D eigenvalue weighted by atomic mass is 10.0. The number of Topliss-reactive ketones (excluding diaryl/α,β-unsaturated/α-hetero) is 1. The maximum Gasteiger partial charge on any atom is 0.168 e. The topological polar surface area (TPSA) is 46.5 Å². The highest BCUT2D eigenvalue weighted by Gasteiger charge is 2.13. The number of aromatic hydroxyl groups is 1. The van der Waals surface area contributed by atoms with Crippen LogP contribution in [0.1, 0.15) is 22.8 Å². The van der Waals surface area contributed by atoms with Crippen LogP contribution in [-0.4, -0.2) is 18.0 Å². The molecule has 0 heterocycles. The van der Waals surface area contributed by atoms with E-state index in [0.29, 0.717) is 11.3 Å². The first-order chi connectivity index (χ1) is 6.07. The molecule has 1 rings (SSSR count). The monoisotopic (exact) mass is 180 g/mol. The van der Waals surface area contributed by atoms with Crippen molar-refractivity contribution in [3.8, 4) is 11.5 Å². The zero-order chi connectivity index (χ0) is 10.0. The van der Waals surface area contributed by atoms with Crippen LogP contribution in [0.4, 0.5) is 0 Å². The van der Waals surface area contributed by atoms with Gasteiger partial charge in [-0.05, 0) is 25.5 Å². The Labute approximate surface area is 77.0 Å². The van der Waals surface area contributed by atoms with E-state index in [9.17, 15) is 9.90 Å². The van der Waals surface area contributed by atoms with Gasteiger partial charge in [0.05, 0.1) is 12.7 Å². The third-order valence-corrected chi connectivity index (χ3v) is 1.92. The summed E-state index contributed by atoms with van der Waals surface area (Å²) in [6, 6.07) is 3.38. The average Bonchev–Trinajstić information content (AvgIpc) is 2.04. The molecule has 3 heteroatoms. The van der Waals surface area contributed by atoms with E-state index in [1.54, 1.807) is 19.1 Å². The van der Waals surface area contributed by atoms with Crippen LogP contribution < -0.4 is 4.74 Å². The minimum atomic E-state index is -0.158. The molecule has 0 bridgehead atoms. The highest BCUT2D eigenvalue weighted by Crippen LogP contribution is 2.31. The highest BCUT2D eigenvalue weighted by atomic mass is 16.5. The quantitative estimate of drug-likeness (QED) is 0.707. The molecule has 1 N–H and O–H groups in total. The van der Waals surface area contributed by atoms with E-state index in [4.69, 9.17) is 4.74 Å². The molecule has 0 atom stereocenters. The highest BCUT2D eigenvalue weighted by molar-refractivity contribution is 5.99. The molecule has 3 nitrogen and oxygen atoms in total. The lowest BCUT2D eigenvalue weighted by Crippen LogP contribution is -1.98. The fourth-order valence-corrected chi connectivity index (χ4v) is 1.28. The maximum absolute atomic E-state index is 11.1. The predicted molar refractivity (Wildman–Crippen MR) is 49.4 cm³/mol. The summed E-state index contributed by atoms with van der Waals surface area (Å²) in [4.78, 5) is 11.1. The molecule has 0 amide bonds. The van der Waals surface area contributed by atoms with E-state index in [1.165, 1.54) is 14.0 Å². The Morgan fingerprint density at radius 2 is 2.08 bits per heavy atom. The van der Waals surface area contributed by atoms with Crippen LogP contribution in [0.5, 0.6) is 11.5 Å². The zero-order valence-corrected chi connectivity index (χ0v) is 7.92. The Bertz CT molecular complexity index is 342. The number of phenols is 1. The summed E-state index contributed by atoms with van der Waals surface area (Å²) in [6.07, 6.45) is 0. The molecule has 0 aliphatic carbocycles. The van der Waals surface area contributed by atoms with E-state index in [1.807, 2.05) is 0 Å². The van der Waals surface area contributed by atoms with Gasteiger partial charge < -0.3 is 9.84 Å². The van der Waals surface area contributed by atoms with E-state index in [-0.39, 0.29) is 11.5 Å². The zero-order valence-electron chi connectivity index (χ0n) is 7.92. The minimum absolute atomic E-state index is 0.0741. The molecule has 0 fully saturated rings. The molecule has 1 aromatic rings. The van der Waals surface area contributed by atoms with Gasteiger partial charge in [0.2, 0.25) is 0 Å². The number of carbonyl (C=O) groups is 1. The summed E-state index contributed by atoms with van der Waals surface area (Å²) >= 11 is 0. The van der Waals surface area contributed by atoms with Gasteiger partial charge in [0, 0.05) is 0 Å². The van der Waals surface area contributed by atoms with Gasteiger partial charge in [-0.15, -0.1) is 0 Å². The Hall–Kier alpha value is -1.51. The van der Waals surface area contributed by atoms with Gasteiger partial charge in [-0.2, -0.15) is 0 Å². The van der Waals surface area contributed by atoms with E-state index < -0.39 is 0 Å². The molecule has 70 valence electrons. The SMILES string of the molecule is COc1ccc(C)c(C(C)=O)c1O. The van der Waals surface area contributed by atoms with Crippen LogP contribution in [0.15, 0.2) is 12.1 Å². The number of ketones is 1. The largest absolute Gasteiger partial charge is 0.504 e. The number of carbonyl (C=O) groups excluding carboxylic acids is 1.